The van der Waals surface area contributed by atoms with Gasteiger partial charge in [-0.1, -0.05) is 45.7 Å². The maximum Gasteiger partial charge on any atom is 0.0417 e. The lowest BCUT2D eigenvalue weighted by Crippen LogP contribution is -2.38. The molecule has 0 aromatic heterocycles. The van der Waals surface area contributed by atoms with E-state index >= 15 is 0 Å². The van der Waals surface area contributed by atoms with Crippen molar-refractivity contribution < 1.29 is 0 Å². The van der Waals surface area contributed by atoms with E-state index in [4.69, 9.17) is 17.4 Å². The van der Waals surface area contributed by atoms with Crippen molar-refractivity contribution in [1.82, 2.24) is 5.43 Å². The first-order chi connectivity index (χ1) is 9.67. The molecule has 0 spiro atoms. The van der Waals surface area contributed by atoms with Crippen LogP contribution in [0.2, 0.25) is 5.02 Å². The van der Waals surface area contributed by atoms with Crippen molar-refractivity contribution in [1.29, 1.82) is 0 Å². The van der Waals surface area contributed by atoms with Gasteiger partial charge in [0.15, 0.2) is 0 Å². The molecule has 0 saturated carbocycles. The highest BCUT2D eigenvalue weighted by molar-refractivity contribution is 9.10. The first-order valence-corrected chi connectivity index (χ1v) is 8.42. The molecule has 1 unspecified atom stereocenters. The van der Waals surface area contributed by atoms with Gasteiger partial charge in [-0.05, 0) is 42.3 Å². The topological polar surface area (TPSA) is 38.0 Å². The van der Waals surface area contributed by atoms with Crippen molar-refractivity contribution in [3.05, 3.63) is 63.6 Å². The summed E-state index contributed by atoms with van der Waals surface area (Å²) in [5.41, 5.74) is 4.14. The summed E-state index contributed by atoms with van der Waals surface area (Å²) in [5, 5.41) is 0.763. The highest BCUT2D eigenvalue weighted by Crippen LogP contribution is 2.23. The van der Waals surface area contributed by atoms with Gasteiger partial charge in [-0.25, -0.2) is 0 Å². The van der Waals surface area contributed by atoms with Crippen molar-refractivity contribution in [2.75, 3.05) is 5.75 Å². The Morgan fingerprint density at radius 3 is 2.70 bits per heavy atom. The van der Waals surface area contributed by atoms with E-state index in [1.54, 1.807) is 11.8 Å². The summed E-state index contributed by atoms with van der Waals surface area (Å²) in [6.07, 6.45) is 0.892. The quantitative estimate of drug-likeness (QED) is 0.452. The molecule has 0 amide bonds. The van der Waals surface area contributed by atoms with Crippen LogP contribution >= 0.6 is 39.3 Å². The summed E-state index contributed by atoms with van der Waals surface area (Å²) >= 11 is 11.2. The molecule has 5 heteroatoms. The third-order valence-corrected chi connectivity index (χ3v) is 4.74. The van der Waals surface area contributed by atoms with Crippen molar-refractivity contribution in [3.8, 4) is 0 Å². The first-order valence-electron chi connectivity index (χ1n) is 6.26. The normalized spacial score (nSPS) is 12.3. The maximum atomic E-state index is 5.98. The molecule has 2 nitrogen and oxygen atoms in total. The van der Waals surface area contributed by atoms with Gasteiger partial charge in [0.25, 0.3) is 0 Å². The molecule has 0 fully saturated rings. The van der Waals surface area contributed by atoms with E-state index in [1.807, 2.05) is 30.3 Å². The second-order valence-electron chi connectivity index (χ2n) is 4.47. The Hall–Kier alpha value is -0.520. The summed E-state index contributed by atoms with van der Waals surface area (Å²) in [7, 11) is 0. The van der Waals surface area contributed by atoms with Gasteiger partial charge in [-0.15, -0.1) is 11.8 Å². The third kappa shape index (κ3) is 5.11. The van der Waals surface area contributed by atoms with Crippen molar-refractivity contribution >= 4 is 39.3 Å². The van der Waals surface area contributed by atoms with Crippen LogP contribution in [0.1, 0.15) is 5.56 Å². The lowest BCUT2D eigenvalue weighted by atomic mass is 10.1. The highest BCUT2D eigenvalue weighted by atomic mass is 79.9. The molecule has 0 aliphatic rings. The van der Waals surface area contributed by atoms with E-state index in [1.165, 1.54) is 5.56 Å². The number of rotatable bonds is 6. The second kappa shape index (κ2) is 8.05. The number of benzene rings is 2. The predicted molar refractivity (Wildman–Crippen MR) is 91.1 cm³/mol. The zero-order chi connectivity index (χ0) is 14.4. The van der Waals surface area contributed by atoms with Gasteiger partial charge in [0.05, 0.1) is 0 Å². The fraction of sp³-hybridized carbons (Fsp3) is 0.200. The molecule has 106 valence electrons. The SMILES string of the molecule is NNC(CSc1cccc(Cl)c1)Cc1cccc(Br)c1. The van der Waals surface area contributed by atoms with Gasteiger partial charge >= 0.3 is 0 Å². The van der Waals surface area contributed by atoms with Crippen LogP contribution in [0.3, 0.4) is 0 Å². The van der Waals surface area contributed by atoms with Crippen LogP contribution in [-0.2, 0) is 6.42 Å². The number of hydrazine groups is 1. The van der Waals surface area contributed by atoms with Crippen LogP contribution in [0.25, 0.3) is 0 Å². The molecule has 3 N–H and O–H groups in total. The molecule has 0 aliphatic carbocycles. The van der Waals surface area contributed by atoms with E-state index in [0.717, 1.165) is 26.6 Å². The fourth-order valence-electron chi connectivity index (χ4n) is 1.87. The largest absolute Gasteiger partial charge is 0.271 e. The summed E-state index contributed by atoms with van der Waals surface area (Å²) in [6.45, 7) is 0. The van der Waals surface area contributed by atoms with Crippen LogP contribution in [0.15, 0.2) is 57.9 Å². The number of nitrogens with one attached hydrogen (secondary N) is 1. The average molecular weight is 372 g/mol. The van der Waals surface area contributed by atoms with Crippen molar-refractivity contribution in [2.45, 2.75) is 17.4 Å². The third-order valence-electron chi connectivity index (χ3n) is 2.85. The lowest BCUT2D eigenvalue weighted by Gasteiger charge is -2.15. The molecule has 2 aromatic rings. The minimum atomic E-state index is 0.216. The lowest BCUT2D eigenvalue weighted by molar-refractivity contribution is 0.575. The van der Waals surface area contributed by atoms with Crippen LogP contribution in [0.5, 0.6) is 0 Å². The number of hydrogen-bond acceptors (Lipinski definition) is 3. The molecular weight excluding hydrogens is 356 g/mol. The average Bonchev–Trinajstić information content (AvgIpc) is 2.43. The van der Waals surface area contributed by atoms with E-state index in [9.17, 15) is 0 Å². The van der Waals surface area contributed by atoms with Crippen LogP contribution in [-0.4, -0.2) is 11.8 Å². The Morgan fingerprint density at radius 2 is 2.00 bits per heavy atom. The van der Waals surface area contributed by atoms with Crippen LogP contribution in [0, 0.1) is 0 Å². The molecule has 2 rings (SSSR count). The molecule has 0 heterocycles. The van der Waals surface area contributed by atoms with Crippen LogP contribution in [0.4, 0.5) is 0 Å². The van der Waals surface area contributed by atoms with Gasteiger partial charge in [0.1, 0.15) is 0 Å². The Labute approximate surface area is 137 Å². The predicted octanol–water partition coefficient (Wildman–Crippen LogP) is 4.27. The van der Waals surface area contributed by atoms with Crippen LogP contribution < -0.4 is 11.3 Å². The van der Waals surface area contributed by atoms with E-state index < -0.39 is 0 Å². The van der Waals surface area contributed by atoms with Gasteiger partial charge in [-0.2, -0.15) is 0 Å². The first kappa shape index (κ1) is 15.9. The molecule has 0 aliphatic heterocycles. The number of hydrogen-bond donors (Lipinski definition) is 2. The summed E-state index contributed by atoms with van der Waals surface area (Å²) in [5.74, 6) is 6.54. The number of halogens is 2. The zero-order valence-corrected chi connectivity index (χ0v) is 14.0. The molecule has 1 atom stereocenters. The van der Waals surface area contributed by atoms with Gasteiger partial charge < -0.3 is 0 Å². The second-order valence-corrected chi connectivity index (χ2v) is 6.91. The molecule has 2 aromatic carbocycles. The van der Waals surface area contributed by atoms with E-state index in [-0.39, 0.29) is 6.04 Å². The molecular formula is C15H16BrClN2S. The highest BCUT2D eigenvalue weighted by Gasteiger charge is 2.09. The summed E-state index contributed by atoms with van der Waals surface area (Å²) in [4.78, 5) is 1.16. The maximum absolute atomic E-state index is 5.98. The number of nitrogens with two attached hydrogens (primary N) is 1. The minimum Gasteiger partial charge on any atom is -0.271 e. The standard InChI is InChI=1S/C15H16BrClN2S/c16-12-4-1-3-11(7-12)8-14(19-18)10-20-15-6-2-5-13(17)9-15/h1-7,9,14,19H,8,10,18H2. The fourth-order valence-corrected chi connectivity index (χ4v) is 3.56. The summed E-state index contributed by atoms with van der Waals surface area (Å²) < 4.78 is 1.09. The van der Waals surface area contributed by atoms with Gasteiger partial charge in [-0.3, -0.25) is 11.3 Å². The minimum absolute atomic E-state index is 0.216. The molecule has 0 radical (unpaired) electrons. The monoisotopic (exact) mass is 370 g/mol. The summed E-state index contributed by atoms with van der Waals surface area (Å²) in [6, 6.07) is 16.4. The van der Waals surface area contributed by atoms with Crippen molar-refractivity contribution in [3.63, 3.8) is 0 Å². The van der Waals surface area contributed by atoms with Crippen molar-refractivity contribution in [2.24, 2.45) is 5.84 Å². The Morgan fingerprint density at radius 1 is 1.20 bits per heavy atom. The smallest absolute Gasteiger partial charge is 0.0417 e. The Balaban J connectivity index is 1.92. The Bertz CT molecular complexity index is 565. The zero-order valence-electron chi connectivity index (χ0n) is 10.9. The van der Waals surface area contributed by atoms with E-state index in [2.05, 4.69) is 39.6 Å². The van der Waals surface area contributed by atoms with Gasteiger partial charge in [0, 0.05) is 26.2 Å². The van der Waals surface area contributed by atoms with E-state index in [0.29, 0.717) is 0 Å². The Kier molecular flexibility index (Phi) is 6.39. The molecule has 0 saturated heterocycles. The number of thioether (sulfide) groups is 1. The molecule has 0 bridgehead atoms. The molecule has 20 heavy (non-hydrogen) atoms. The van der Waals surface area contributed by atoms with Gasteiger partial charge in [0.2, 0.25) is 0 Å².